The third-order valence-corrected chi connectivity index (χ3v) is 4.24. The molecule has 6 heteroatoms. The summed E-state index contributed by atoms with van der Waals surface area (Å²) >= 11 is 0. The zero-order valence-corrected chi connectivity index (χ0v) is 12.0. The largest absolute Gasteiger partial charge is 0.494 e. The topological polar surface area (TPSA) is 85.4 Å². The van der Waals surface area contributed by atoms with Crippen molar-refractivity contribution in [2.24, 2.45) is 5.92 Å². The lowest BCUT2D eigenvalue weighted by atomic mass is 9.97. The van der Waals surface area contributed by atoms with Crippen LogP contribution in [0.3, 0.4) is 0 Å². The molecule has 0 bridgehead atoms. The number of aromatic amines is 1. The van der Waals surface area contributed by atoms with Gasteiger partial charge in [-0.3, -0.25) is 14.6 Å². The summed E-state index contributed by atoms with van der Waals surface area (Å²) in [5, 5.41) is 12.8. The van der Waals surface area contributed by atoms with E-state index in [1.807, 2.05) is 4.90 Å². The van der Waals surface area contributed by atoms with Gasteiger partial charge in [-0.1, -0.05) is 0 Å². The summed E-state index contributed by atoms with van der Waals surface area (Å²) in [6, 6.07) is 2.90. The second-order valence-corrected chi connectivity index (χ2v) is 6.00. The number of aromatic hydroxyl groups is 1. The molecule has 1 aromatic heterocycles. The van der Waals surface area contributed by atoms with E-state index in [1.54, 1.807) is 0 Å². The van der Waals surface area contributed by atoms with E-state index in [0.29, 0.717) is 12.0 Å². The van der Waals surface area contributed by atoms with Crippen LogP contribution in [0, 0.1) is 5.92 Å². The minimum absolute atomic E-state index is 0.141. The van der Waals surface area contributed by atoms with Crippen molar-refractivity contribution in [3.05, 3.63) is 28.0 Å². The fourth-order valence-corrected chi connectivity index (χ4v) is 2.94. The lowest BCUT2D eigenvalue weighted by Crippen LogP contribution is -2.40. The third kappa shape index (κ3) is 3.44. The number of piperidine rings is 1. The lowest BCUT2D eigenvalue weighted by molar-refractivity contribution is 0.0701. The van der Waals surface area contributed by atoms with Gasteiger partial charge in [0, 0.05) is 24.7 Å². The second kappa shape index (κ2) is 5.89. The highest BCUT2D eigenvalue weighted by atomic mass is 16.3. The van der Waals surface area contributed by atoms with Gasteiger partial charge < -0.3 is 15.3 Å². The van der Waals surface area contributed by atoms with Crippen LogP contribution in [0.1, 0.15) is 36.0 Å². The molecule has 114 valence electrons. The molecule has 2 aliphatic rings. The van der Waals surface area contributed by atoms with Crippen molar-refractivity contribution in [1.82, 2.24) is 15.2 Å². The fourth-order valence-electron chi connectivity index (χ4n) is 2.94. The average Bonchev–Trinajstić information content (AvgIpc) is 3.29. The van der Waals surface area contributed by atoms with Gasteiger partial charge in [-0.15, -0.1) is 0 Å². The molecule has 1 saturated heterocycles. The molecule has 1 aliphatic carbocycles. The van der Waals surface area contributed by atoms with Crippen molar-refractivity contribution in [2.45, 2.75) is 31.7 Å². The number of nitrogens with one attached hydrogen (secondary N) is 2. The first kappa shape index (κ1) is 14.1. The highest BCUT2D eigenvalue weighted by molar-refractivity contribution is 5.94. The third-order valence-electron chi connectivity index (χ3n) is 4.24. The van der Waals surface area contributed by atoms with Crippen molar-refractivity contribution >= 4 is 5.91 Å². The molecule has 3 rings (SSSR count). The first-order valence-corrected chi connectivity index (χ1v) is 7.58. The Morgan fingerprint density at radius 1 is 1.24 bits per heavy atom. The van der Waals surface area contributed by atoms with Crippen LogP contribution in [0.2, 0.25) is 0 Å². The van der Waals surface area contributed by atoms with Crippen LogP contribution in [0.5, 0.6) is 5.88 Å². The summed E-state index contributed by atoms with van der Waals surface area (Å²) in [7, 11) is 0. The Morgan fingerprint density at radius 3 is 2.57 bits per heavy atom. The van der Waals surface area contributed by atoms with Crippen LogP contribution in [0.4, 0.5) is 0 Å². The minimum atomic E-state index is -0.448. The van der Waals surface area contributed by atoms with E-state index in [0.717, 1.165) is 45.3 Å². The number of H-pyrrole nitrogens is 1. The Labute approximate surface area is 123 Å². The molecule has 1 aliphatic heterocycles. The summed E-state index contributed by atoms with van der Waals surface area (Å²) in [6.07, 6.45) is 4.23. The molecule has 0 unspecified atom stereocenters. The Kier molecular flexibility index (Phi) is 3.96. The zero-order valence-electron chi connectivity index (χ0n) is 12.0. The first-order valence-electron chi connectivity index (χ1n) is 7.58. The normalized spacial score (nSPS) is 19.4. The minimum Gasteiger partial charge on any atom is -0.494 e. The van der Waals surface area contributed by atoms with Crippen LogP contribution < -0.4 is 10.9 Å². The van der Waals surface area contributed by atoms with E-state index in [2.05, 4.69) is 10.3 Å². The molecule has 1 amide bonds. The Hall–Kier alpha value is -1.82. The molecular formula is C15H21N3O3. The molecule has 2 fully saturated rings. The number of carbonyl (C=O) groups is 1. The maximum absolute atomic E-state index is 12.7. The van der Waals surface area contributed by atoms with E-state index in [9.17, 15) is 14.7 Å². The fraction of sp³-hybridized carbons (Fsp3) is 0.600. The van der Waals surface area contributed by atoms with Gasteiger partial charge in [-0.2, -0.15) is 0 Å². The highest BCUT2D eigenvalue weighted by Crippen LogP contribution is 2.30. The number of carbonyl (C=O) groups excluding carboxylic acids is 1. The maximum Gasteiger partial charge on any atom is 0.254 e. The summed E-state index contributed by atoms with van der Waals surface area (Å²) in [5.74, 6) is 0.118. The van der Waals surface area contributed by atoms with E-state index in [-0.39, 0.29) is 17.4 Å². The molecule has 1 aromatic rings. The number of amides is 1. The molecule has 0 radical (unpaired) electrons. The van der Waals surface area contributed by atoms with E-state index in [1.165, 1.54) is 12.1 Å². The number of rotatable bonds is 4. The average molecular weight is 291 g/mol. The molecular weight excluding hydrogens is 270 g/mol. The first-order chi connectivity index (χ1) is 10.1. The van der Waals surface area contributed by atoms with Gasteiger partial charge in [0.25, 0.3) is 11.5 Å². The molecule has 1 saturated carbocycles. The summed E-state index contributed by atoms with van der Waals surface area (Å²) in [6.45, 7) is 2.76. The zero-order chi connectivity index (χ0) is 14.8. The standard InChI is InChI=1S/C15H21N3O3/c19-13-7-11(8-14(20)17-13)15(21)18(12-1-2-12)9-10-3-5-16-6-4-10/h7-8,10,12,16H,1-6,9H2,(H2,17,19,20). The van der Waals surface area contributed by atoms with Crippen molar-refractivity contribution in [2.75, 3.05) is 19.6 Å². The van der Waals surface area contributed by atoms with Crippen molar-refractivity contribution in [3.8, 4) is 5.88 Å². The van der Waals surface area contributed by atoms with Crippen LogP contribution in [-0.4, -0.2) is 46.6 Å². The summed E-state index contributed by atoms with van der Waals surface area (Å²) in [5.41, 5.74) is -0.173. The molecule has 0 atom stereocenters. The van der Waals surface area contributed by atoms with E-state index < -0.39 is 5.56 Å². The van der Waals surface area contributed by atoms with Crippen LogP contribution in [0.25, 0.3) is 0 Å². The smallest absolute Gasteiger partial charge is 0.254 e. The van der Waals surface area contributed by atoms with E-state index >= 15 is 0 Å². The SMILES string of the molecule is O=C(c1cc(O)[nH]c(=O)c1)N(CC1CCNCC1)C1CC1. The van der Waals surface area contributed by atoms with Gasteiger partial charge in [0.1, 0.15) is 0 Å². The van der Waals surface area contributed by atoms with Gasteiger partial charge >= 0.3 is 0 Å². The predicted octanol–water partition coefficient (Wildman–Crippen LogP) is 0.685. The van der Waals surface area contributed by atoms with Crippen molar-refractivity contribution in [3.63, 3.8) is 0 Å². The van der Waals surface area contributed by atoms with Gasteiger partial charge in [0.2, 0.25) is 0 Å². The number of aromatic nitrogens is 1. The Bertz CT molecular complexity index is 574. The monoisotopic (exact) mass is 291 g/mol. The van der Waals surface area contributed by atoms with Crippen molar-refractivity contribution < 1.29 is 9.90 Å². The summed E-state index contributed by atoms with van der Waals surface area (Å²) in [4.78, 5) is 28.2. The number of pyridine rings is 1. The van der Waals surface area contributed by atoms with Gasteiger partial charge in [-0.05, 0) is 44.7 Å². The maximum atomic E-state index is 12.7. The van der Waals surface area contributed by atoms with Crippen LogP contribution >= 0.6 is 0 Å². The lowest BCUT2D eigenvalue weighted by Gasteiger charge is -2.30. The van der Waals surface area contributed by atoms with Gasteiger partial charge in [0.15, 0.2) is 5.88 Å². The van der Waals surface area contributed by atoms with Crippen LogP contribution in [0.15, 0.2) is 16.9 Å². The van der Waals surface area contributed by atoms with Gasteiger partial charge in [-0.25, -0.2) is 0 Å². The van der Waals surface area contributed by atoms with Crippen LogP contribution in [-0.2, 0) is 0 Å². The molecule has 6 nitrogen and oxygen atoms in total. The molecule has 0 aromatic carbocycles. The number of hydrogen-bond donors (Lipinski definition) is 3. The predicted molar refractivity (Wildman–Crippen MR) is 78.4 cm³/mol. The quantitative estimate of drug-likeness (QED) is 0.761. The Balaban J connectivity index is 1.76. The Morgan fingerprint density at radius 2 is 1.95 bits per heavy atom. The number of hydrogen-bond acceptors (Lipinski definition) is 4. The summed E-state index contributed by atoms with van der Waals surface area (Å²) < 4.78 is 0. The van der Waals surface area contributed by atoms with Crippen molar-refractivity contribution in [1.29, 1.82) is 0 Å². The number of nitrogens with zero attached hydrogens (tertiary/aromatic N) is 1. The van der Waals surface area contributed by atoms with Gasteiger partial charge in [0.05, 0.1) is 5.56 Å². The second-order valence-electron chi connectivity index (χ2n) is 6.00. The highest BCUT2D eigenvalue weighted by Gasteiger charge is 2.34. The molecule has 3 N–H and O–H groups in total. The van der Waals surface area contributed by atoms with E-state index in [4.69, 9.17) is 0 Å². The molecule has 0 spiro atoms. The molecule has 2 heterocycles. The molecule has 21 heavy (non-hydrogen) atoms.